The number of nitriles is 1. The Hall–Kier alpha value is -2.52. The Morgan fingerprint density at radius 2 is 1.90 bits per heavy atom. The minimum atomic E-state index is -0.624. The number of rotatable bonds is 12. The van der Waals surface area contributed by atoms with E-state index < -0.39 is 5.63 Å². The lowest BCUT2D eigenvalue weighted by molar-refractivity contribution is -0.107. The van der Waals surface area contributed by atoms with Crippen LogP contribution >= 0.6 is 11.8 Å². The fourth-order valence-corrected chi connectivity index (χ4v) is 3.76. The van der Waals surface area contributed by atoms with Gasteiger partial charge in [0, 0.05) is 11.1 Å². The number of ether oxygens (including phenoxy) is 1. The summed E-state index contributed by atoms with van der Waals surface area (Å²) in [5.74, 6) is 1.41. The van der Waals surface area contributed by atoms with Gasteiger partial charge in [0.15, 0.2) is 11.3 Å². The van der Waals surface area contributed by atoms with Crippen LogP contribution in [0, 0.1) is 18.3 Å². The van der Waals surface area contributed by atoms with Crippen LogP contribution < -0.4 is 10.4 Å². The molecule has 0 fully saturated rings. The Balaban J connectivity index is 1.69. The summed E-state index contributed by atoms with van der Waals surface area (Å²) >= 11 is 1.34. The molecule has 0 amide bonds. The molecule has 0 aliphatic rings. The highest BCUT2D eigenvalue weighted by atomic mass is 32.2. The summed E-state index contributed by atoms with van der Waals surface area (Å²) in [6.45, 7) is 5.77. The van der Waals surface area contributed by atoms with Crippen molar-refractivity contribution in [3.05, 3.63) is 52.4 Å². The molecule has 1 aromatic carbocycles. The van der Waals surface area contributed by atoms with Crippen LogP contribution in [-0.4, -0.2) is 17.5 Å². The van der Waals surface area contributed by atoms with Crippen LogP contribution in [0.15, 0.2) is 40.1 Å². The SMILES string of the molecule is C=CC(=O)SCCCCCCCCCOc1cccc2c(C)c(C#N)c(=O)oc12. The maximum Gasteiger partial charge on any atom is 0.354 e. The van der Waals surface area contributed by atoms with Crippen LogP contribution in [0.5, 0.6) is 5.75 Å². The average Bonchev–Trinajstić information content (AvgIpc) is 2.72. The zero-order chi connectivity index (χ0) is 21.1. The fourth-order valence-electron chi connectivity index (χ4n) is 3.09. The van der Waals surface area contributed by atoms with E-state index in [-0.39, 0.29) is 10.7 Å². The molecule has 2 aromatic rings. The topological polar surface area (TPSA) is 80.3 Å². The third kappa shape index (κ3) is 6.79. The van der Waals surface area contributed by atoms with Crippen molar-refractivity contribution in [2.45, 2.75) is 51.9 Å². The van der Waals surface area contributed by atoms with Crippen LogP contribution in [0.3, 0.4) is 0 Å². The van der Waals surface area contributed by atoms with Gasteiger partial charge in [-0.15, -0.1) is 0 Å². The number of unbranched alkanes of at least 4 members (excludes halogenated alkanes) is 6. The molecule has 29 heavy (non-hydrogen) atoms. The second-order valence-corrected chi connectivity index (χ2v) is 7.93. The van der Waals surface area contributed by atoms with Gasteiger partial charge < -0.3 is 9.15 Å². The zero-order valence-electron chi connectivity index (χ0n) is 16.9. The normalized spacial score (nSPS) is 10.6. The first-order valence-electron chi connectivity index (χ1n) is 9.97. The van der Waals surface area contributed by atoms with Crippen LogP contribution in [0.1, 0.15) is 56.1 Å². The third-order valence-corrected chi connectivity index (χ3v) is 5.67. The van der Waals surface area contributed by atoms with E-state index in [2.05, 4.69) is 6.58 Å². The minimum Gasteiger partial charge on any atom is -0.490 e. The Morgan fingerprint density at radius 3 is 2.59 bits per heavy atom. The van der Waals surface area contributed by atoms with E-state index in [1.807, 2.05) is 18.2 Å². The van der Waals surface area contributed by atoms with E-state index in [9.17, 15) is 9.59 Å². The molecular weight excluding hydrogens is 386 g/mol. The summed E-state index contributed by atoms with van der Waals surface area (Å²) < 4.78 is 11.2. The number of benzene rings is 1. The predicted octanol–water partition coefficient (Wildman–Crippen LogP) is 5.53. The van der Waals surface area contributed by atoms with Crippen LogP contribution in [0.25, 0.3) is 11.0 Å². The van der Waals surface area contributed by atoms with E-state index in [0.717, 1.165) is 43.2 Å². The first-order chi connectivity index (χ1) is 14.1. The first-order valence-corrected chi connectivity index (χ1v) is 11.0. The number of carbonyl (C=O) groups excluding carboxylic acids is 1. The number of fused-ring (bicyclic) bond motifs is 1. The molecule has 1 heterocycles. The molecule has 0 N–H and O–H groups in total. The largest absolute Gasteiger partial charge is 0.490 e. The third-order valence-electron chi connectivity index (χ3n) is 4.73. The molecule has 0 unspecified atom stereocenters. The molecule has 0 saturated heterocycles. The van der Waals surface area contributed by atoms with E-state index in [4.69, 9.17) is 14.4 Å². The molecule has 5 nitrogen and oxygen atoms in total. The van der Waals surface area contributed by atoms with Crippen molar-refractivity contribution in [2.24, 2.45) is 0 Å². The molecule has 0 radical (unpaired) electrons. The maximum absolute atomic E-state index is 12.0. The highest BCUT2D eigenvalue weighted by Gasteiger charge is 2.14. The lowest BCUT2D eigenvalue weighted by Crippen LogP contribution is -2.07. The lowest BCUT2D eigenvalue weighted by atomic mass is 10.1. The van der Waals surface area contributed by atoms with E-state index in [1.165, 1.54) is 30.7 Å². The Morgan fingerprint density at radius 1 is 1.21 bits per heavy atom. The van der Waals surface area contributed by atoms with Gasteiger partial charge in [-0.05, 0) is 37.5 Å². The van der Waals surface area contributed by atoms with Gasteiger partial charge in [-0.1, -0.05) is 62.6 Å². The minimum absolute atomic E-state index is 0.0422. The van der Waals surface area contributed by atoms with Crippen molar-refractivity contribution >= 4 is 27.8 Å². The molecule has 6 heteroatoms. The van der Waals surface area contributed by atoms with Crippen LogP contribution in [0.4, 0.5) is 0 Å². The van der Waals surface area contributed by atoms with Gasteiger partial charge in [-0.2, -0.15) is 5.26 Å². The number of para-hydroxylation sites is 1. The van der Waals surface area contributed by atoms with Crippen molar-refractivity contribution in [1.82, 2.24) is 0 Å². The average molecular weight is 414 g/mol. The number of aryl methyl sites for hydroxylation is 1. The quantitative estimate of drug-likeness (QED) is 0.259. The molecule has 2 rings (SSSR count). The molecule has 1 aromatic heterocycles. The summed E-state index contributed by atoms with van der Waals surface area (Å²) in [4.78, 5) is 23.0. The van der Waals surface area contributed by atoms with Gasteiger partial charge in [0.05, 0.1) is 6.61 Å². The number of carbonyl (C=O) groups is 1. The van der Waals surface area contributed by atoms with Crippen molar-refractivity contribution in [3.8, 4) is 11.8 Å². The van der Waals surface area contributed by atoms with E-state index in [1.54, 1.807) is 13.0 Å². The molecule has 0 spiro atoms. The van der Waals surface area contributed by atoms with Gasteiger partial charge in [-0.3, -0.25) is 4.79 Å². The number of nitrogens with zero attached hydrogens (tertiary/aromatic N) is 1. The predicted molar refractivity (Wildman–Crippen MR) is 117 cm³/mol. The van der Waals surface area contributed by atoms with Gasteiger partial charge >= 0.3 is 5.63 Å². The Kier molecular flexibility index (Phi) is 9.52. The molecule has 154 valence electrons. The monoisotopic (exact) mass is 413 g/mol. The van der Waals surface area contributed by atoms with Gasteiger partial charge in [0.25, 0.3) is 0 Å². The van der Waals surface area contributed by atoms with Gasteiger partial charge in [-0.25, -0.2) is 4.79 Å². The van der Waals surface area contributed by atoms with Crippen molar-refractivity contribution in [1.29, 1.82) is 5.26 Å². The van der Waals surface area contributed by atoms with E-state index >= 15 is 0 Å². The molecule has 0 bridgehead atoms. The van der Waals surface area contributed by atoms with Crippen molar-refractivity contribution < 1.29 is 13.9 Å². The summed E-state index contributed by atoms with van der Waals surface area (Å²) in [7, 11) is 0. The fraction of sp³-hybridized carbons (Fsp3) is 0.435. The maximum atomic E-state index is 12.0. The van der Waals surface area contributed by atoms with Gasteiger partial charge in [0.2, 0.25) is 5.12 Å². The van der Waals surface area contributed by atoms with Gasteiger partial charge in [0.1, 0.15) is 11.6 Å². The lowest BCUT2D eigenvalue weighted by Gasteiger charge is -2.10. The Labute approximate surface area is 175 Å². The number of thioether (sulfide) groups is 1. The van der Waals surface area contributed by atoms with Crippen LogP contribution in [-0.2, 0) is 4.79 Å². The standard InChI is InChI=1S/C23H27NO4S/c1-3-21(25)29-15-10-8-6-4-5-7-9-14-27-20-13-11-12-18-17(2)19(16-24)23(26)28-22(18)20/h3,11-13H,1,4-10,14-15H2,2H3. The summed E-state index contributed by atoms with van der Waals surface area (Å²) in [6.07, 6.45) is 9.09. The van der Waals surface area contributed by atoms with Crippen molar-refractivity contribution in [2.75, 3.05) is 12.4 Å². The second kappa shape index (κ2) is 12.1. The zero-order valence-corrected chi connectivity index (χ0v) is 17.7. The molecule has 0 aliphatic carbocycles. The number of hydrogen-bond donors (Lipinski definition) is 0. The van der Waals surface area contributed by atoms with Crippen molar-refractivity contribution in [3.63, 3.8) is 0 Å². The first kappa shape index (κ1) is 22.8. The summed E-state index contributed by atoms with van der Waals surface area (Å²) in [5.41, 5.74) is 0.444. The highest BCUT2D eigenvalue weighted by Crippen LogP contribution is 2.28. The summed E-state index contributed by atoms with van der Waals surface area (Å²) in [5, 5.41) is 9.89. The Bertz CT molecular complexity index is 942. The second-order valence-electron chi connectivity index (χ2n) is 6.83. The highest BCUT2D eigenvalue weighted by molar-refractivity contribution is 8.14. The number of hydrogen-bond acceptors (Lipinski definition) is 6. The van der Waals surface area contributed by atoms with Crippen LogP contribution in [0.2, 0.25) is 0 Å². The molecule has 0 saturated carbocycles. The summed E-state index contributed by atoms with van der Waals surface area (Å²) in [6, 6.07) is 7.35. The molecule has 0 aliphatic heterocycles. The molecule has 0 atom stereocenters. The molecular formula is C23H27NO4S. The smallest absolute Gasteiger partial charge is 0.354 e. The van der Waals surface area contributed by atoms with E-state index in [0.29, 0.717) is 23.5 Å².